The molecule has 0 saturated heterocycles. The van der Waals surface area contributed by atoms with Crippen LogP contribution in [0, 0.1) is 0 Å². The highest BCUT2D eigenvalue weighted by atomic mass is 16.3. The van der Waals surface area contributed by atoms with Gasteiger partial charge in [-0.3, -0.25) is 5.32 Å². The summed E-state index contributed by atoms with van der Waals surface area (Å²) in [6, 6.07) is 0. The normalized spacial score (nSPS) is 13.5. The first kappa shape index (κ1) is 9.88. The summed E-state index contributed by atoms with van der Waals surface area (Å²) in [6.45, 7) is 3.55. The van der Waals surface area contributed by atoms with Gasteiger partial charge in [-0.25, -0.2) is 0 Å². The molecule has 0 spiro atoms. The lowest BCUT2D eigenvalue weighted by atomic mass is 10.3. The summed E-state index contributed by atoms with van der Waals surface area (Å²) < 4.78 is 0. The van der Waals surface area contributed by atoms with Crippen molar-refractivity contribution in [2.45, 2.75) is 32.4 Å². The van der Waals surface area contributed by atoms with E-state index in [4.69, 9.17) is 10.8 Å². The van der Waals surface area contributed by atoms with Crippen molar-refractivity contribution in [2.24, 2.45) is 5.73 Å². The summed E-state index contributed by atoms with van der Waals surface area (Å²) in [5, 5.41) is 12.1. The number of rotatable bonds is 6. The van der Waals surface area contributed by atoms with Gasteiger partial charge in [0.2, 0.25) is 0 Å². The Morgan fingerprint density at radius 1 is 1.60 bits per heavy atom. The van der Waals surface area contributed by atoms with Gasteiger partial charge in [0.05, 0.1) is 0 Å². The van der Waals surface area contributed by atoms with E-state index in [9.17, 15) is 0 Å². The number of nitrogens with one attached hydrogen (secondary N) is 1. The lowest BCUT2D eigenvalue weighted by Crippen LogP contribution is -2.30. The van der Waals surface area contributed by atoms with Gasteiger partial charge in [-0.05, 0) is 25.9 Å². The SMILES string of the molecule is CCCC(O)NCCCN. The molecule has 0 rings (SSSR count). The summed E-state index contributed by atoms with van der Waals surface area (Å²) in [4.78, 5) is 0. The highest BCUT2D eigenvalue weighted by Crippen LogP contribution is 1.90. The monoisotopic (exact) mass is 146 g/mol. The van der Waals surface area contributed by atoms with Gasteiger partial charge >= 0.3 is 0 Å². The Morgan fingerprint density at radius 3 is 2.80 bits per heavy atom. The van der Waals surface area contributed by atoms with Gasteiger partial charge in [-0.2, -0.15) is 0 Å². The molecule has 0 aliphatic rings. The highest BCUT2D eigenvalue weighted by Gasteiger charge is 1.98. The lowest BCUT2D eigenvalue weighted by molar-refractivity contribution is 0.127. The Morgan fingerprint density at radius 2 is 2.30 bits per heavy atom. The fourth-order valence-corrected chi connectivity index (χ4v) is 0.746. The van der Waals surface area contributed by atoms with Crippen LogP contribution >= 0.6 is 0 Å². The number of nitrogens with two attached hydrogens (primary N) is 1. The number of hydrogen-bond donors (Lipinski definition) is 3. The van der Waals surface area contributed by atoms with Crippen LogP contribution < -0.4 is 11.1 Å². The minimum Gasteiger partial charge on any atom is -0.379 e. The van der Waals surface area contributed by atoms with Crippen LogP contribution in [0.2, 0.25) is 0 Å². The largest absolute Gasteiger partial charge is 0.379 e. The Hall–Kier alpha value is -0.120. The Kier molecular flexibility index (Phi) is 6.91. The topological polar surface area (TPSA) is 58.3 Å². The molecule has 0 heterocycles. The first-order valence-electron chi connectivity index (χ1n) is 3.92. The van der Waals surface area contributed by atoms with Gasteiger partial charge in [-0.15, -0.1) is 0 Å². The lowest BCUT2D eigenvalue weighted by Gasteiger charge is -2.10. The van der Waals surface area contributed by atoms with Crippen molar-refractivity contribution in [3.05, 3.63) is 0 Å². The zero-order valence-corrected chi connectivity index (χ0v) is 6.64. The van der Waals surface area contributed by atoms with E-state index in [-0.39, 0.29) is 6.23 Å². The molecule has 0 aromatic heterocycles. The predicted octanol–water partition coefficient (Wildman–Crippen LogP) is 0.0433. The maximum absolute atomic E-state index is 9.12. The number of hydrogen-bond acceptors (Lipinski definition) is 3. The zero-order valence-electron chi connectivity index (χ0n) is 6.64. The molecule has 1 unspecified atom stereocenters. The molecule has 0 aliphatic carbocycles. The molecule has 1 atom stereocenters. The molecule has 0 bridgehead atoms. The molecule has 0 saturated carbocycles. The van der Waals surface area contributed by atoms with Crippen molar-refractivity contribution in [3.8, 4) is 0 Å². The van der Waals surface area contributed by atoms with E-state index in [0.29, 0.717) is 6.54 Å². The van der Waals surface area contributed by atoms with E-state index in [0.717, 1.165) is 25.8 Å². The van der Waals surface area contributed by atoms with Crippen molar-refractivity contribution >= 4 is 0 Å². The standard InChI is InChI=1S/C7H18N2O/c1-2-4-7(10)9-6-3-5-8/h7,9-10H,2-6,8H2,1H3. The maximum Gasteiger partial charge on any atom is 0.104 e. The summed E-state index contributed by atoms with van der Waals surface area (Å²) >= 11 is 0. The van der Waals surface area contributed by atoms with Crippen LogP contribution in [0.5, 0.6) is 0 Å². The average molecular weight is 146 g/mol. The Bertz CT molecular complexity index is 68.6. The fraction of sp³-hybridized carbons (Fsp3) is 1.00. The summed E-state index contributed by atoms with van der Waals surface area (Å²) in [5.74, 6) is 0. The van der Waals surface area contributed by atoms with Crippen LogP contribution in [0.15, 0.2) is 0 Å². The molecule has 0 aromatic rings. The number of aliphatic hydroxyl groups excluding tert-OH is 1. The molecule has 3 heteroatoms. The van der Waals surface area contributed by atoms with Crippen LogP contribution in [0.4, 0.5) is 0 Å². The van der Waals surface area contributed by atoms with Crippen molar-refractivity contribution in [1.29, 1.82) is 0 Å². The summed E-state index contributed by atoms with van der Waals surface area (Å²) in [7, 11) is 0. The second-order valence-corrected chi connectivity index (χ2v) is 2.40. The highest BCUT2D eigenvalue weighted by molar-refractivity contribution is 4.52. The second-order valence-electron chi connectivity index (χ2n) is 2.40. The van der Waals surface area contributed by atoms with Gasteiger partial charge in [0.25, 0.3) is 0 Å². The smallest absolute Gasteiger partial charge is 0.104 e. The van der Waals surface area contributed by atoms with E-state index in [1.807, 2.05) is 6.92 Å². The van der Waals surface area contributed by atoms with Crippen molar-refractivity contribution in [2.75, 3.05) is 13.1 Å². The predicted molar refractivity (Wildman–Crippen MR) is 42.6 cm³/mol. The maximum atomic E-state index is 9.12. The molecular formula is C7H18N2O. The Labute approximate surface area is 62.6 Å². The first-order chi connectivity index (χ1) is 4.81. The quantitative estimate of drug-likeness (QED) is 0.366. The molecule has 0 amide bonds. The number of aliphatic hydroxyl groups is 1. The van der Waals surface area contributed by atoms with Crippen molar-refractivity contribution in [3.63, 3.8) is 0 Å². The van der Waals surface area contributed by atoms with Crippen molar-refractivity contribution < 1.29 is 5.11 Å². The molecule has 10 heavy (non-hydrogen) atoms. The zero-order chi connectivity index (χ0) is 7.82. The third-order valence-corrected chi connectivity index (χ3v) is 1.32. The molecular weight excluding hydrogens is 128 g/mol. The third-order valence-electron chi connectivity index (χ3n) is 1.32. The van der Waals surface area contributed by atoms with E-state index >= 15 is 0 Å². The van der Waals surface area contributed by atoms with Gasteiger partial charge < -0.3 is 10.8 Å². The summed E-state index contributed by atoms with van der Waals surface area (Å²) in [6.07, 6.45) is 2.43. The van der Waals surface area contributed by atoms with Crippen LogP contribution in [0.3, 0.4) is 0 Å². The van der Waals surface area contributed by atoms with Gasteiger partial charge in [-0.1, -0.05) is 13.3 Å². The molecule has 0 aliphatic heterocycles. The third kappa shape index (κ3) is 6.01. The Balaban J connectivity index is 2.97. The summed E-state index contributed by atoms with van der Waals surface area (Å²) in [5.41, 5.74) is 5.27. The minimum absolute atomic E-state index is 0.337. The fourth-order valence-electron chi connectivity index (χ4n) is 0.746. The molecule has 0 aromatic carbocycles. The van der Waals surface area contributed by atoms with E-state index in [1.54, 1.807) is 0 Å². The van der Waals surface area contributed by atoms with Crippen LogP contribution in [0.1, 0.15) is 26.2 Å². The molecule has 0 radical (unpaired) electrons. The average Bonchev–Trinajstić information content (AvgIpc) is 1.89. The van der Waals surface area contributed by atoms with Crippen LogP contribution in [0.25, 0.3) is 0 Å². The molecule has 62 valence electrons. The van der Waals surface area contributed by atoms with E-state index in [1.165, 1.54) is 0 Å². The van der Waals surface area contributed by atoms with E-state index < -0.39 is 0 Å². The van der Waals surface area contributed by atoms with Crippen LogP contribution in [-0.2, 0) is 0 Å². The van der Waals surface area contributed by atoms with Gasteiger partial charge in [0.15, 0.2) is 0 Å². The molecule has 4 N–H and O–H groups in total. The van der Waals surface area contributed by atoms with Crippen molar-refractivity contribution in [1.82, 2.24) is 5.32 Å². The molecule has 0 fully saturated rings. The first-order valence-corrected chi connectivity index (χ1v) is 3.92. The van der Waals surface area contributed by atoms with Gasteiger partial charge in [0, 0.05) is 0 Å². The van der Waals surface area contributed by atoms with E-state index in [2.05, 4.69) is 5.32 Å². The minimum atomic E-state index is -0.337. The van der Waals surface area contributed by atoms with Crippen LogP contribution in [-0.4, -0.2) is 24.4 Å². The van der Waals surface area contributed by atoms with Gasteiger partial charge in [0.1, 0.15) is 6.23 Å². The molecule has 3 nitrogen and oxygen atoms in total. The second kappa shape index (κ2) is 6.99.